The normalized spacial score (nSPS) is 18.9. The summed E-state index contributed by atoms with van der Waals surface area (Å²) in [6, 6.07) is 14.0. The van der Waals surface area contributed by atoms with Crippen molar-refractivity contribution >= 4 is 40.2 Å². The fourth-order valence-corrected chi connectivity index (χ4v) is 5.80. The smallest absolute Gasteiger partial charge is 0.335 e. The summed E-state index contributed by atoms with van der Waals surface area (Å²) < 4.78 is 28.6. The highest BCUT2D eigenvalue weighted by Crippen LogP contribution is 2.38. The summed E-state index contributed by atoms with van der Waals surface area (Å²) in [7, 11) is 0. The van der Waals surface area contributed by atoms with Gasteiger partial charge in [-0.05, 0) is 72.9 Å². The second-order valence-electron chi connectivity index (χ2n) is 10.3. The molecule has 40 heavy (non-hydrogen) atoms. The van der Waals surface area contributed by atoms with E-state index in [0.29, 0.717) is 53.4 Å². The first-order chi connectivity index (χ1) is 19.3. The Morgan fingerprint density at radius 3 is 2.67 bits per heavy atom. The largest absolute Gasteiger partial charge is 0.487 e. The molecule has 208 valence electrons. The third kappa shape index (κ3) is 5.29. The minimum absolute atomic E-state index is 0.00492. The molecule has 0 aliphatic carbocycles. The van der Waals surface area contributed by atoms with E-state index in [0.717, 1.165) is 36.6 Å². The first kappa shape index (κ1) is 27.0. The van der Waals surface area contributed by atoms with Crippen LogP contribution in [0, 0.1) is 5.82 Å². The quantitative estimate of drug-likeness (QED) is 0.250. The lowest BCUT2D eigenvalue weighted by molar-refractivity contribution is -0.0592. The zero-order valence-electron chi connectivity index (χ0n) is 21.9. The number of fused-ring (bicyclic) bond motifs is 2. The summed E-state index contributed by atoms with van der Waals surface area (Å²) in [5, 5.41) is 10.7. The van der Waals surface area contributed by atoms with Crippen molar-refractivity contribution in [2.45, 2.75) is 51.6 Å². The van der Waals surface area contributed by atoms with Gasteiger partial charge in [0.1, 0.15) is 23.7 Å². The van der Waals surface area contributed by atoms with E-state index >= 15 is 0 Å². The molecule has 0 bridgehead atoms. The predicted octanol–water partition coefficient (Wildman–Crippen LogP) is 6.67. The SMILES string of the molecule is C[C@H]1c2cc(OCc3ccc(Cl)cc3)c(Cl)cc2CCN1Cc1nc2c(F)cc(C(=O)O)cc2n1C[C@@H]1CCO1. The second-order valence-corrected chi connectivity index (χ2v) is 11.2. The number of aromatic carboxylic acids is 1. The number of imidazole rings is 1. The van der Waals surface area contributed by atoms with Crippen LogP contribution < -0.4 is 4.74 Å². The molecule has 1 N–H and O–H groups in total. The van der Waals surface area contributed by atoms with Gasteiger partial charge in [0.25, 0.3) is 0 Å². The average Bonchev–Trinajstić information content (AvgIpc) is 3.25. The van der Waals surface area contributed by atoms with Gasteiger partial charge in [-0.15, -0.1) is 0 Å². The molecule has 0 amide bonds. The van der Waals surface area contributed by atoms with Crippen LogP contribution in [0.5, 0.6) is 5.75 Å². The molecule has 0 radical (unpaired) electrons. The average molecular weight is 584 g/mol. The highest BCUT2D eigenvalue weighted by molar-refractivity contribution is 6.32. The Morgan fingerprint density at radius 1 is 1.20 bits per heavy atom. The molecule has 0 spiro atoms. The van der Waals surface area contributed by atoms with Gasteiger partial charge in [0.2, 0.25) is 0 Å². The van der Waals surface area contributed by atoms with E-state index in [1.807, 2.05) is 41.0 Å². The molecule has 1 fully saturated rings. The maximum Gasteiger partial charge on any atom is 0.335 e. The number of carboxylic acid groups (broad SMARTS) is 1. The predicted molar refractivity (Wildman–Crippen MR) is 151 cm³/mol. The molecule has 4 aromatic rings. The Morgan fingerprint density at radius 2 is 1.98 bits per heavy atom. The van der Waals surface area contributed by atoms with Crippen molar-refractivity contribution in [3.63, 3.8) is 0 Å². The van der Waals surface area contributed by atoms with Gasteiger partial charge in [-0.1, -0.05) is 35.3 Å². The fourth-order valence-electron chi connectivity index (χ4n) is 5.43. The van der Waals surface area contributed by atoms with Crippen LogP contribution in [0.25, 0.3) is 11.0 Å². The molecule has 3 heterocycles. The molecule has 3 aromatic carbocycles. The van der Waals surface area contributed by atoms with E-state index in [2.05, 4.69) is 16.8 Å². The molecule has 7 nitrogen and oxygen atoms in total. The Labute approximate surface area is 241 Å². The number of benzene rings is 3. The summed E-state index contributed by atoms with van der Waals surface area (Å²) in [6.07, 6.45) is 1.68. The third-order valence-electron chi connectivity index (χ3n) is 7.83. The molecule has 1 saturated heterocycles. The highest BCUT2D eigenvalue weighted by atomic mass is 35.5. The van der Waals surface area contributed by atoms with Crippen LogP contribution in [0.4, 0.5) is 4.39 Å². The number of ether oxygens (including phenoxy) is 2. The first-order valence-corrected chi connectivity index (χ1v) is 14.0. The van der Waals surface area contributed by atoms with Gasteiger partial charge in [-0.25, -0.2) is 14.2 Å². The van der Waals surface area contributed by atoms with E-state index in [4.69, 9.17) is 32.7 Å². The fraction of sp³-hybridized carbons (Fsp3) is 0.333. The molecule has 2 atom stereocenters. The molecule has 1 aromatic heterocycles. The molecule has 0 unspecified atom stereocenters. The van der Waals surface area contributed by atoms with Gasteiger partial charge in [-0.3, -0.25) is 4.90 Å². The second kappa shape index (κ2) is 11.0. The van der Waals surface area contributed by atoms with Gasteiger partial charge in [0, 0.05) is 24.2 Å². The Balaban J connectivity index is 1.28. The van der Waals surface area contributed by atoms with Crippen LogP contribution in [0.3, 0.4) is 0 Å². The molecule has 10 heteroatoms. The number of halogens is 3. The van der Waals surface area contributed by atoms with Crippen LogP contribution >= 0.6 is 23.2 Å². The summed E-state index contributed by atoms with van der Waals surface area (Å²) in [5.74, 6) is -0.528. The summed E-state index contributed by atoms with van der Waals surface area (Å²) in [6.45, 7) is 4.90. The van der Waals surface area contributed by atoms with Gasteiger partial charge >= 0.3 is 5.97 Å². The van der Waals surface area contributed by atoms with Crippen molar-refractivity contribution < 1.29 is 23.8 Å². The van der Waals surface area contributed by atoms with Crippen molar-refractivity contribution in [3.05, 3.63) is 92.5 Å². The molecular formula is C30H28Cl2FN3O4. The van der Waals surface area contributed by atoms with Crippen LogP contribution in [-0.4, -0.2) is 44.8 Å². The van der Waals surface area contributed by atoms with E-state index < -0.39 is 11.8 Å². The maximum absolute atomic E-state index is 15.0. The van der Waals surface area contributed by atoms with Gasteiger partial charge < -0.3 is 19.1 Å². The van der Waals surface area contributed by atoms with Crippen LogP contribution in [0.1, 0.15) is 52.3 Å². The number of hydrogen-bond donors (Lipinski definition) is 1. The van der Waals surface area contributed by atoms with Gasteiger partial charge in [-0.2, -0.15) is 0 Å². The number of rotatable bonds is 8. The zero-order valence-corrected chi connectivity index (χ0v) is 23.4. The summed E-state index contributed by atoms with van der Waals surface area (Å²) in [4.78, 5) is 18.6. The van der Waals surface area contributed by atoms with E-state index in [1.165, 1.54) is 11.6 Å². The summed E-state index contributed by atoms with van der Waals surface area (Å²) >= 11 is 12.6. The monoisotopic (exact) mass is 583 g/mol. The minimum atomic E-state index is -1.18. The van der Waals surface area contributed by atoms with Crippen LogP contribution in [-0.2, 0) is 30.9 Å². The lowest BCUT2D eigenvalue weighted by Gasteiger charge is -2.36. The molecule has 2 aliphatic heterocycles. The maximum atomic E-state index is 15.0. The van der Waals surface area contributed by atoms with Crippen molar-refractivity contribution in [1.82, 2.24) is 14.5 Å². The number of nitrogens with zero attached hydrogens (tertiary/aromatic N) is 3. The molecule has 0 saturated carbocycles. The van der Waals surface area contributed by atoms with E-state index in [9.17, 15) is 14.3 Å². The molecule has 6 rings (SSSR count). The Kier molecular flexibility index (Phi) is 7.44. The summed E-state index contributed by atoms with van der Waals surface area (Å²) in [5.41, 5.74) is 3.81. The zero-order chi connectivity index (χ0) is 28.0. The topological polar surface area (TPSA) is 76.8 Å². The van der Waals surface area contributed by atoms with Crippen molar-refractivity contribution in [1.29, 1.82) is 0 Å². The number of aromatic nitrogens is 2. The number of carbonyl (C=O) groups is 1. The minimum Gasteiger partial charge on any atom is -0.487 e. The van der Waals surface area contributed by atoms with Crippen LogP contribution in [0.2, 0.25) is 10.0 Å². The van der Waals surface area contributed by atoms with Gasteiger partial charge in [0.05, 0.1) is 35.3 Å². The molecular weight excluding hydrogens is 556 g/mol. The Hall–Kier alpha value is -3.17. The number of hydrogen-bond acceptors (Lipinski definition) is 5. The highest BCUT2D eigenvalue weighted by Gasteiger charge is 2.29. The molecule has 2 aliphatic rings. The number of carboxylic acids is 1. The van der Waals surface area contributed by atoms with E-state index in [1.54, 1.807) is 0 Å². The van der Waals surface area contributed by atoms with Crippen molar-refractivity contribution in [2.75, 3.05) is 13.2 Å². The van der Waals surface area contributed by atoms with E-state index in [-0.39, 0.29) is 23.2 Å². The van der Waals surface area contributed by atoms with Crippen LogP contribution in [0.15, 0.2) is 48.5 Å². The first-order valence-electron chi connectivity index (χ1n) is 13.2. The van der Waals surface area contributed by atoms with Gasteiger partial charge in [0.15, 0.2) is 5.82 Å². The lowest BCUT2D eigenvalue weighted by atomic mass is 9.93. The standard InChI is InChI=1S/C30H28Cl2FN3O4/c1-17-23-13-27(40-16-18-2-4-21(31)5-3-18)24(32)10-19(23)6-8-35(17)15-28-34-29-25(33)11-20(30(37)38)12-26(29)36(28)14-22-7-9-39-22/h2-5,10-13,17,22H,6-9,14-16H2,1H3,(H,37,38)/t17-,22-/m0/s1. The van der Waals surface area contributed by atoms with Crippen molar-refractivity contribution in [3.8, 4) is 5.75 Å². The lowest BCUT2D eigenvalue weighted by Crippen LogP contribution is -2.36. The third-order valence-corrected chi connectivity index (χ3v) is 8.37. The Bertz CT molecular complexity index is 1590. The van der Waals surface area contributed by atoms with Crippen molar-refractivity contribution in [2.24, 2.45) is 0 Å².